The van der Waals surface area contributed by atoms with Crippen LogP contribution < -0.4 is 0 Å². The summed E-state index contributed by atoms with van der Waals surface area (Å²) < 4.78 is 5.92. The zero-order valence-corrected chi connectivity index (χ0v) is 9.04. The summed E-state index contributed by atoms with van der Waals surface area (Å²) in [5, 5.41) is 0. The van der Waals surface area contributed by atoms with E-state index in [2.05, 4.69) is 11.8 Å². The average Bonchev–Trinajstić information content (AvgIpc) is 2.59. The van der Waals surface area contributed by atoms with Crippen LogP contribution in [0.3, 0.4) is 0 Å². The molecule has 2 saturated heterocycles. The van der Waals surface area contributed by atoms with E-state index < -0.39 is 0 Å². The first-order chi connectivity index (χ1) is 6.18. The summed E-state index contributed by atoms with van der Waals surface area (Å²) in [6, 6.07) is 0. The Morgan fingerprint density at radius 1 is 1.77 bits per heavy atom. The van der Waals surface area contributed by atoms with Crippen LogP contribution in [0.25, 0.3) is 0 Å². The van der Waals surface area contributed by atoms with E-state index in [1.807, 2.05) is 0 Å². The Bertz CT molecular complexity index is 265. The van der Waals surface area contributed by atoms with Gasteiger partial charge in [0.2, 0.25) is 0 Å². The molecule has 72 valence electrons. The lowest BCUT2D eigenvalue weighted by Crippen LogP contribution is -2.47. The molecule has 0 aliphatic carbocycles. The maximum Gasteiger partial charge on any atom is 0.308 e. The van der Waals surface area contributed by atoms with Gasteiger partial charge < -0.3 is 9.64 Å². The number of thiocarbonyl (C=S) groups is 1. The normalized spacial score (nSPS) is 33.2. The van der Waals surface area contributed by atoms with Gasteiger partial charge in [0, 0.05) is 12.3 Å². The number of carbonyl (C=O) groups is 1. The maximum atomic E-state index is 11.1. The minimum Gasteiger partial charge on any atom is -0.463 e. The number of rotatable bonds is 1. The van der Waals surface area contributed by atoms with Crippen molar-refractivity contribution in [1.82, 2.24) is 4.90 Å². The van der Waals surface area contributed by atoms with Crippen molar-refractivity contribution in [3.05, 3.63) is 0 Å². The largest absolute Gasteiger partial charge is 0.463 e. The van der Waals surface area contributed by atoms with Gasteiger partial charge in [-0.15, -0.1) is 0 Å². The summed E-state index contributed by atoms with van der Waals surface area (Å²) in [7, 11) is 0. The smallest absolute Gasteiger partial charge is 0.308 e. The molecule has 2 heterocycles. The van der Waals surface area contributed by atoms with E-state index in [4.69, 9.17) is 17.0 Å². The van der Waals surface area contributed by atoms with Crippen molar-refractivity contribution in [2.75, 3.05) is 18.9 Å². The summed E-state index contributed by atoms with van der Waals surface area (Å²) >= 11 is 6.86. The molecule has 0 aromatic heterocycles. The quantitative estimate of drug-likeness (QED) is 0.483. The molecule has 2 aliphatic heterocycles. The molecule has 1 spiro atoms. The van der Waals surface area contributed by atoms with Crippen molar-refractivity contribution in [1.29, 1.82) is 0 Å². The third kappa shape index (κ3) is 1.34. The number of thioether (sulfide) groups is 1. The second-order valence-corrected chi connectivity index (χ2v) is 4.97. The van der Waals surface area contributed by atoms with E-state index in [1.165, 1.54) is 0 Å². The van der Waals surface area contributed by atoms with Crippen molar-refractivity contribution in [3.8, 4) is 0 Å². The third-order valence-corrected chi connectivity index (χ3v) is 4.27. The van der Waals surface area contributed by atoms with Crippen molar-refractivity contribution in [2.24, 2.45) is 0 Å². The highest BCUT2D eigenvalue weighted by molar-refractivity contribution is 8.23. The van der Waals surface area contributed by atoms with E-state index in [0.29, 0.717) is 13.0 Å². The Hall–Kier alpha value is -0.290. The molecular formula is C8H11NO2S2. The van der Waals surface area contributed by atoms with Gasteiger partial charge in [-0.05, 0) is 6.92 Å². The molecule has 0 aromatic rings. The van der Waals surface area contributed by atoms with Gasteiger partial charge in [0.15, 0.2) is 0 Å². The zero-order valence-electron chi connectivity index (χ0n) is 7.41. The number of nitrogens with zero attached hydrogens (tertiary/aromatic N) is 1. The van der Waals surface area contributed by atoms with Crippen molar-refractivity contribution >= 4 is 34.3 Å². The van der Waals surface area contributed by atoms with E-state index >= 15 is 0 Å². The summed E-state index contributed by atoms with van der Waals surface area (Å²) in [5.74, 6) is 0.801. The summed E-state index contributed by atoms with van der Waals surface area (Å²) in [5.41, 5.74) is -0.117. The molecule has 0 bridgehead atoms. The second-order valence-electron chi connectivity index (χ2n) is 3.36. The van der Waals surface area contributed by atoms with E-state index in [0.717, 1.165) is 16.6 Å². The summed E-state index contributed by atoms with van der Waals surface area (Å²) in [6.07, 6.45) is 0.494. The number of likely N-dealkylation sites (N-methyl/N-ethyl adjacent to an activating group) is 1. The molecule has 1 atom stereocenters. The van der Waals surface area contributed by atoms with E-state index in [1.54, 1.807) is 11.8 Å². The Kier molecular flexibility index (Phi) is 2.23. The molecule has 2 rings (SSSR count). The number of esters is 1. The van der Waals surface area contributed by atoms with Crippen LogP contribution in [-0.2, 0) is 9.53 Å². The van der Waals surface area contributed by atoms with Crippen LogP contribution in [0, 0.1) is 0 Å². The van der Waals surface area contributed by atoms with Crippen LogP contribution in [0.1, 0.15) is 13.3 Å². The maximum absolute atomic E-state index is 11.1. The number of hydrogen-bond acceptors (Lipinski definition) is 4. The first-order valence-electron chi connectivity index (χ1n) is 4.28. The highest BCUT2D eigenvalue weighted by Gasteiger charge is 2.49. The second kappa shape index (κ2) is 3.13. The first-order valence-corrected chi connectivity index (χ1v) is 5.67. The van der Waals surface area contributed by atoms with Gasteiger partial charge in [-0.1, -0.05) is 24.0 Å². The van der Waals surface area contributed by atoms with Gasteiger partial charge in [-0.25, -0.2) is 0 Å². The predicted molar refractivity (Wildman–Crippen MR) is 55.7 cm³/mol. The van der Waals surface area contributed by atoms with Crippen LogP contribution >= 0.6 is 24.0 Å². The Balaban J connectivity index is 2.23. The lowest BCUT2D eigenvalue weighted by Gasteiger charge is -2.31. The SMILES string of the molecule is CCN1C(=S)SC[C@]12COC(=O)C2. The zero-order chi connectivity index (χ0) is 9.47. The molecule has 0 saturated carbocycles. The molecule has 13 heavy (non-hydrogen) atoms. The fraction of sp³-hybridized carbons (Fsp3) is 0.750. The van der Waals surface area contributed by atoms with Gasteiger partial charge in [0.25, 0.3) is 0 Å². The minimum absolute atomic E-state index is 0.0937. The molecule has 2 aliphatic rings. The van der Waals surface area contributed by atoms with Gasteiger partial charge >= 0.3 is 5.97 Å². The molecule has 3 nitrogen and oxygen atoms in total. The van der Waals surface area contributed by atoms with Crippen LogP contribution in [0.15, 0.2) is 0 Å². The average molecular weight is 217 g/mol. The first kappa shape index (κ1) is 9.27. The number of hydrogen-bond donors (Lipinski definition) is 0. The molecule has 0 N–H and O–H groups in total. The molecule has 0 amide bonds. The highest BCUT2D eigenvalue weighted by atomic mass is 32.2. The van der Waals surface area contributed by atoms with Crippen molar-refractivity contribution in [3.63, 3.8) is 0 Å². The Morgan fingerprint density at radius 3 is 3.08 bits per heavy atom. The fourth-order valence-electron chi connectivity index (χ4n) is 1.86. The minimum atomic E-state index is -0.117. The van der Waals surface area contributed by atoms with Gasteiger partial charge in [0.1, 0.15) is 10.9 Å². The molecule has 0 unspecified atom stereocenters. The summed E-state index contributed by atoms with van der Waals surface area (Å²) in [6.45, 7) is 3.43. The van der Waals surface area contributed by atoms with Crippen molar-refractivity contribution in [2.45, 2.75) is 18.9 Å². The standard InChI is InChI=1S/C8H11NO2S2/c1-2-9-7(12)13-5-8(9)3-6(10)11-4-8/h2-5H2,1H3/t8-/m0/s1. The number of carbonyl (C=O) groups excluding carboxylic acids is 1. The van der Waals surface area contributed by atoms with Gasteiger partial charge in [-0.2, -0.15) is 0 Å². The highest BCUT2D eigenvalue weighted by Crippen LogP contribution is 2.39. The third-order valence-electron chi connectivity index (χ3n) is 2.55. The lowest BCUT2D eigenvalue weighted by molar-refractivity contribution is -0.137. The topological polar surface area (TPSA) is 29.5 Å². The van der Waals surface area contributed by atoms with Crippen LogP contribution in [-0.4, -0.2) is 39.6 Å². The molecular weight excluding hydrogens is 206 g/mol. The van der Waals surface area contributed by atoms with E-state index in [9.17, 15) is 4.79 Å². The molecule has 0 aromatic carbocycles. The van der Waals surface area contributed by atoms with Gasteiger partial charge in [0.05, 0.1) is 12.0 Å². The predicted octanol–water partition coefficient (Wildman–Crippen LogP) is 1.03. The van der Waals surface area contributed by atoms with Crippen molar-refractivity contribution < 1.29 is 9.53 Å². The number of cyclic esters (lactones) is 1. The van der Waals surface area contributed by atoms with Crippen LogP contribution in [0.2, 0.25) is 0 Å². The monoisotopic (exact) mass is 217 g/mol. The Morgan fingerprint density at radius 2 is 2.54 bits per heavy atom. The molecule has 2 fully saturated rings. The fourth-order valence-corrected chi connectivity index (χ4v) is 3.57. The van der Waals surface area contributed by atoms with E-state index in [-0.39, 0.29) is 11.5 Å². The molecule has 0 radical (unpaired) electrons. The number of ether oxygens (including phenoxy) is 1. The summed E-state index contributed by atoms with van der Waals surface area (Å²) in [4.78, 5) is 13.2. The van der Waals surface area contributed by atoms with Gasteiger partial charge in [-0.3, -0.25) is 4.79 Å². The Labute approximate surface area is 86.8 Å². The van der Waals surface area contributed by atoms with Crippen LogP contribution in [0.4, 0.5) is 0 Å². The van der Waals surface area contributed by atoms with Crippen LogP contribution in [0.5, 0.6) is 0 Å². The molecule has 5 heteroatoms. The lowest BCUT2D eigenvalue weighted by atomic mass is 9.99.